The van der Waals surface area contributed by atoms with Crippen molar-refractivity contribution in [3.8, 4) is 5.75 Å². The third-order valence-electron chi connectivity index (χ3n) is 2.98. The molecule has 18 heavy (non-hydrogen) atoms. The van der Waals surface area contributed by atoms with E-state index >= 15 is 0 Å². The number of hydroxylamine groups is 2. The van der Waals surface area contributed by atoms with Crippen LogP contribution in [0.25, 0.3) is 0 Å². The molecular weight excluding hydrogens is 228 g/mol. The maximum absolute atomic E-state index is 12.0. The second-order valence-corrected chi connectivity index (χ2v) is 4.84. The summed E-state index contributed by atoms with van der Waals surface area (Å²) in [5.41, 5.74) is 6.63. The topological polar surface area (TPSA) is 55.6 Å². The molecule has 0 spiro atoms. The molecule has 1 aromatic rings. The first-order valence-electron chi connectivity index (χ1n) is 6.44. The van der Waals surface area contributed by atoms with Crippen molar-refractivity contribution in [2.24, 2.45) is 11.7 Å². The number of aryl methyl sites for hydroxylation is 1. The largest absolute Gasteiger partial charge is 0.377 e. The van der Waals surface area contributed by atoms with Gasteiger partial charge in [0.1, 0.15) is 0 Å². The van der Waals surface area contributed by atoms with Gasteiger partial charge in [-0.1, -0.05) is 12.1 Å². The number of hydrogen-bond donors (Lipinski definition) is 1. The van der Waals surface area contributed by atoms with Gasteiger partial charge >= 0.3 is 0 Å². The minimum Gasteiger partial charge on any atom is -0.377 e. The van der Waals surface area contributed by atoms with Gasteiger partial charge in [-0.2, -0.15) is 5.06 Å². The van der Waals surface area contributed by atoms with Crippen LogP contribution in [0, 0.1) is 12.8 Å². The van der Waals surface area contributed by atoms with Gasteiger partial charge in [0.25, 0.3) is 5.91 Å². The van der Waals surface area contributed by atoms with Gasteiger partial charge < -0.3 is 10.6 Å². The lowest BCUT2D eigenvalue weighted by atomic mass is 10.2. The van der Waals surface area contributed by atoms with Crippen molar-refractivity contribution in [3.63, 3.8) is 0 Å². The summed E-state index contributed by atoms with van der Waals surface area (Å²) in [6.07, 6.45) is 2.89. The number of amides is 1. The zero-order valence-electron chi connectivity index (χ0n) is 10.8. The molecule has 0 atom stereocenters. The Labute approximate surface area is 108 Å². The summed E-state index contributed by atoms with van der Waals surface area (Å²) in [5, 5.41) is 1.40. The van der Waals surface area contributed by atoms with Crippen LogP contribution in [-0.4, -0.2) is 24.1 Å². The highest BCUT2D eigenvalue weighted by Crippen LogP contribution is 2.33. The molecule has 0 bridgehead atoms. The smallest absolute Gasteiger partial charge is 0.255 e. The zero-order chi connectivity index (χ0) is 13.0. The Kier molecular flexibility index (Phi) is 4.20. The highest BCUT2D eigenvalue weighted by atomic mass is 16.7. The van der Waals surface area contributed by atoms with Crippen LogP contribution in [0.1, 0.15) is 24.8 Å². The number of rotatable bonds is 6. The predicted molar refractivity (Wildman–Crippen MR) is 69.9 cm³/mol. The first-order chi connectivity index (χ1) is 8.69. The fourth-order valence-electron chi connectivity index (χ4n) is 1.81. The third kappa shape index (κ3) is 3.74. The van der Waals surface area contributed by atoms with E-state index in [1.54, 1.807) is 0 Å². The van der Waals surface area contributed by atoms with Gasteiger partial charge in [-0.3, -0.25) is 4.79 Å². The Morgan fingerprint density at radius 2 is 2.28 bits per heavy atom. The number of carbonyl (C=O) groups excluding carboxylic acids is 1. The Balaban J connectivity index is 1.97. The van der Waals surface area contributed by atoms with E-state index in [1.165, 1.54) is 5.06 Å². The molecule has 1 amide bonds. The maximum atomic E-state index is 12.0. The molecule has 2 N–H and O–H groups in total. The van der Waals surface area contributed by atoms with Crippen LogP contribution in [0.4, 0.5) is 0 Å². The molecule has 4 nitrogen and oxygen atoms in total. The zero-order valence-corrected chi connectivity index (χ0v) is 10.8. The Bertz CT molecular complexity index is 416. The van der Waals surface area contributed by atoms with Gasteiger partial charge in [0.2, 0.25) is 0 Å². The summed E-state index contributed by atoms with van der Waals surface area (Å²) < 4.78 is 0. The van der Waals surface area contributed by atoms with Crippen molar-refractivity contribution in [1.29, 1.82) is 0 Å². The quantitative estimate of drug-likeness (QED) is 0.782. The number of hydrogen-bond acceptors (Lipinski definition) is 3. The number of nitrogens with zero attached hydrogens (tertiary/aromatic N) is 1. The van der Waals surface area contributed by atoms with E-state index in [1.807, 2.05) is 31.2 Å². The number of benzene rings is 1. The van der Waals surface area contributed by atoms with E-state index in [4.69, 9.17) is 10.6 Å². The summed E-state index contributed by atoms with van der Waals surface area (Å²) >= 11 is 0. The van der Waals surface area contributed by atoms with E-state index < -0.39 is 0 Å². The van der Waals surface area contributed by atoms with Crippen molar-refractivity contribution in [2.45, 2.75) is 26.2 Å². The van der Waals surface area contributed by atoms with Crippen LogP contribution < -0.4 is 10.6 Å². The molecule has 1 aliphatic rings. The van der Waals surface area contributed by atoms with E-state index in [0.717, 1.165) is 18.4 Å². The second-order valence-electron chi connectivity index (χ2n) is 4.84. The summed E-state index contributed by atoms with van der Waals surface area (Å²) in [6, 6.07) is 7.66. The highest BCUT2D eigenvalue weighted by Gasteiger charge is 2.27. The van der Waals surface area contributed by atoms with Crippen LogP contribution in [0.3, 0.4) is 0 Å². The van der Waals surface area contributed by atoms with Crippen molar-refractivity contribution in [3.05, 3.63) is 29.8 Å². The van der Waals surface area contributed by atoms with Crippen LogP contribution in [0.2, 0.25) is 0 Å². The normalized spacial score (nSPS) is 14.3. The summed E-state index contributed by atoms with van der Waals surface area (Å²) in [5.74, 6) is 1.27. The second kappa shape index (κ2) is 5.87. The van der Waals surface area contributed by atoms with Crippen molar-refractivity contribution in [2.75, 3.05) is 13.1 Å². The molecule has 0 radical (unpaired) electrons. The molecule has 4 heteroatoms. The number of nitrogens with two attached hydrogens (primary N) is 1. The first kappa shape index (κ1) is 12.9. The van der Waals surface area contributed by atoms with Crippen molar-refractivity contribution < 1.29 is 9.63 Å². The summed E-state index contributed by atoms with van der Waals surface area (Å²) in [7, 11) is 0. The van der Waals surface area contributed by atoms with Crippen molar-refractivity contribution in [1.82, 2.24) is 5.06 Å². The lowest BCUT2D eigenvalue weighted by molar-refractivity contribution is -0.157. The molecule has 0 heterocycles. The Morgan fingerprint density at radius 3 is 2.89 bits per heavy atom. The molecule has 0 aromatic heterocycles. The SMILES string of the molecule is Cc1cccc(ON(CCN)C(=O)CC2CC2)c1. The monoisotopic (exact) mass is 248 g/mol. The van der Waals surface area contributed by atoms with Gasteiger partial charge in [-0.25, -0.2) is 0 Å². The molecule has 0 saturated heterocycles. The Hall–Kier alpha value is -1.55. The lowest BCUT2D eigenvalue weighted by Crippen LogP contribution is -2.38. The minimum atomic E-state index is 0.0319. The third-order valence-corrected chi connectivity index (χ3v) is 2.98. The molecule has 1 fully saturated rings. The minimum absolute atomic E-state index is 0.0319. The predicted octanol–water partition coefficient (Wildman–Crippen LogP) is 1.88. The van der Waals surface area contributed by atoms with E-state index in [0.29, 0.717) is 31.2 Å². The van der Waals surface area contributed by atoms with Gasteiger partial charge in [-0.05, 0) is 43.4 Å². The average Bonchev–Trinajstić information content (AvgIpc) is 3.12. The molecule has 1 aliphatic carbocycles. The van der Waals surface area contributed by atoms with Crippen LogP contribution in [0.5, 0.6) is 5.75 Å². The Morgan fingerprint density at radius 1 is 1.50 bits per heavy atom. The fourth-order valence-corrected chi connectivity index (χ4v) is 1.81. The fraction of sp³-hybridized carbons (Fsp3) is 0.500. The van der Waals surface area contributed by atoms with E-state index in [2.05, 4.69) is 0 Å². The summed E-state index contributed by atoms with van der Waals surface area (Å²) in [4.78, 5) is 17.6. The highest BCUT2D eigenvalue weighted by molar-refractivity contribution is 5.75. The van der Waals surface area contributed by atoms with Gasteiger partial charge in [0.05, 0.1) is 6.54 Å². The lowest BCUT2D eigenvalue weighted by Gasteiger charge is -2.22. The van der Waals surface area contributed by atoms with E-state index in [9.17, 15) is 4.79 Å². The van der Waals surface area contributed by atoms with Crippen LogP contribution in [0.15, 0.2) is 24.3 Å². The molecule has 1 aromatic carbocycles. The molecular formula is C14H20N2O2. The molecule has 1 saturated carbocycles. The van der Waals surface area contributed by atoms with Gasteiger partial charge in [0.15, 0.2) is 5.75 Å². The standard InChI is InChI=1S/C14H20N2O2/c1-11-3-2-4-13(9-11)18-16(8-7-15)14(17)10-12-5-6-12/h2-4,9,12H,5-8,10,15H2,1H3. The van der Waals surface area contributed by atoms with Gasteiger partial charge in [-0.15, -0.1) is 0 Å². The van der Waals surface area contributed by atoms with Gasteiger partial charge in [0, 0.05) is 13.0 Å². The first-order valence-corrected chi connectivity index (χ1v) is 6.44. The van der Waals surface area contributed by atoms with Crippen molar-refractivity contribution >= 4 is 5.91 Å². The maximum Gasteiger partial charge on any atom is 0.255 e. The van der Waals surface area contributed by atoms with Crippen LogP contribution in [-0.2, 0) is 4.79 Å². The van der Waals surface area contributed by atoms with E-state index in [-0.39, 0.29) is 5.91 Å². The molecule has 0 unspecified atom stereocenters. The average molecular weight is 248 g/mol. The summed E-state index contributed by atoms with van der Waals surface area (Å²) in [6.45, 7) is 2.83. The molecule has 98 valence electrons. The van der Waals surface area contributed by atoms with Crippen LogP contribution >= 0.6 is 0 Å². The molecule has 0 aliphatic heterocycles. The number of carbonyl (C=O) groups is 1. The molecule has 2 rings (SSSR count).